The predicted octanol–water partition coefficient (Wildman–Crippen LogP) is 2.11. The number of hydrogen-bond acceptors (Lipinski definition) is 4. The number of hydrogen-bond donors (Lipinski definition) is 1. The Bertz CT molecular complexity index is 492. The van der Waals surface area contributed by atoms with Crippen molar-refractivity contribution >= 4 is 5.78 Å². The van der Waals surface area contributed by atoms with Gasteiger partial charge in [-0.2, -0.15) is 0 Å². The number of aliphatic hydroxyl groups excluding tert-OH is 1. The van der Waals surface area contributed by atoms with Gasteiger partial charge < -0.3 is 14.7 Å². The molecule has 21 heavy (non-hydrogen) atoms. The summed E-state index contributed by atoms with van der Waals surface area (Å²) in [5.41, 5.74) is 0.0473. The molecule has 1 N–H and O–H groups in total. The highest BCUT2D eigenvalue weighted by Crippen LogP contribution is 2.24. The molecule has 116 valence electrons. The number of rotatable bonds is 7. The highest BCUT2D eigenvalue weighted by atomic mass is 19.1. The zero-order chi connectivity index (χ0) is 15.2. The maximum absolute atomic E-state index is 13.8. The van der Waals surface area contributed by atoms with Crippen molar-refractivity contribution < 1.29 is 19.0 Å². The summed E-state index contributed by atoms with van der Waals surface area (Å²) in [7, 11) is 1.44. The summed E-state index contributed by atoms with van der Waals surface area (Å²) >= 11 is 0. The summed E-state index contributed by atoms with van der Waals surface area (Å²) in [5, 5.41) is 8.94. The van der Waals surface area contributed by atoms with Crippen molar-refractivity contribution in [3.63, 3.8) is 0 Å². The molecule has 1 aliphatic heterocycles. The number of carbonyl (C=O) groups is 1. The summed E-state index contributed by atoms with van der Waals surface area (Å²) in [6.45, 7) is 2.68. The van der Waals surface area contributed by atoms with Crippen LogP contribution in [0.3, 0.4) is 0 Å². The molecule has 1 aromatic carbocycles. The molecule has 0 radical (unpaired) electrons. The smallest absolute Gasteiger partial charge is 0.170 e. The molecule has 0 spiro atoms. The molecule has 0 aromatic heterocycles. The molecule has 0 bridgehead atoms. The van der Waals surface area contributed by atoms with E-state index in [2.05, 4.69) is 4.90 Å². The molecule has 1 unspecified atom stereocenters. The molecule has 1 aliphatic rings. The van der Waals surface area contributed by atoms with Crippen LogP contribution in [0.2, 0.25) is 0 Å². The van der Waals surface area contributed by atoms with Gasteiger partial charge in [-0.1, -0.05) is 6.07 Å². The molecule has 5 heteroatoms. The number of likely N-dealkylation sites (tertiary alicyclic amines) is 1. The van der Waals surface area contributed by atoms with E-state index in [1.165, 1.54) is 19.2 Å². The van der Waals surface area contributed by atoms with Crippen molar-refractivity contribution in [3.05, 3.63) is 29.6 Å². The van der Waals surface area contributed by atoms with Crippen molar-refractivity contribution in [2.45, 2.75) is 19.3 Å². The van der Waals surface area contributed by atoms with Gasteiger partial charge in [0.25, 0.3) is 0 Å². The molecule has 1 aromatic rings. The third-order valence-corrected chi connectivity index (χ3v) is 4.04. The largest absolute Gasteiger partial charge is 0.496 e. The van der Waals surface area contributed by atoms with Crippen LogP contribution in [0.4, 0.5) is 4.39 Å². The minimum atomic E-state index is -0.529. The molecule has 1 heterocycles. The molecule has 2 rings (SSSR count). The second-order valence-corrected chi connectivity index (χ2v) is 5.46. The fraction of sp³-hybridized carbons (Fsp3) is 0.562. The van der Waals surface area contributed by atoms with Crippen LogP contribution in [0, 0.1) is 11.7 Å². The van der Waals surface area contributed by atoms with Crippen molar-refractivity contribution in [3.8, 4) is 5.75 Å². The van der Waals surface area contributed by atoms with Gasteiger partial charge in [-0.05, 0) is 37.4 Å². The first kappa shape index (κ1) is 15.9. The van der Waals surface area contributed by atoms with Crippen molar-refractivity contribution in [2.75, 3.05) is 33.4 Å². The third kappa shape index (κ3) is 4.02. The van der Waals surface area contributed by atoms with E-state index in [-0.39, 0.29) is 24.4 Å². The monoisotopic (exact) mass is 295 g/mol. The van der Waals surface area contributed by atoms with Gasteiger partial charge in [0.15, 0.2) is 5.78 Å². The van der Waals surface area contributed by atoms with E-state index in [1.54, 1.807) is 6.07 Å². The van der Waals surface area contributed by atoms with Crippen LogP contribution in [-0.4, -0.2) is 49.1 Å². The molecular formula is C16H22FNO3. The summed E-state index contributed by atoms with van der Waals surface area (Å²) in [6, 6.07) is 4.41. The molecule has 0 amide bonds. The van der Waals surface area contributed by atoms with E-state index in [9.17, 15) is 9.18 Å². The van der Waals surface area contributed by atoms with E-state index in [4.69, 9.17) is 9.84 Å². The van der Waals surface area contributed by atoms with E-state index in [0.29, 0.717) is 18.2 Å². The van der Waals surface area contributed by atoms with Crippen molar-refractivity contribution in [1.29, 1.82) is 0 Å². The highest BCUT2D eigenvalue weighted by molar-refractivity contribution is 5.99. The van der Waals surface area contributed by atoms with Gasteiger partial charge in [0.1, 0.15) is 11.6 Å². The van der Waals surface area contributed by atoms with Crippen LogP contribution in [0.1, 0.15) is 29.6 Å². The maximum atomic E-state index is 13.8. The van der Waals surface area contributed by atoms with Gasteiger partial charge in [-0.15, -0.1) is 0 Å². The Hall–Kier alpha value is -1.46. The normalized spacial score (nSPS) is 18.9. The topological polar surface area (TPSA) is 49.8 Å². The summed E-state index contributed by atoms with van der Waals surface area (Å²) < 4.78 is 18.9. The van der Waals surface area contributed by atoms with Gasteiger partial charge in [-0.25, -0.2) is 4.39 Å². The molecule has 1 atom stereocenters. The Morgan fingerprint density at radius 3 is 3.05 bits per heavy atom. The lowest BCUT2D eigenvalue weighted by Gasteiger charge is -2.16. The van der Waals surface area contributed by atoms with Gasteiger partial charge >= 0.3 is 0 Å². The van der Waals surface area contributed by atoms with Crippen molar-refractivity contribution in [2.24, 2.45) is 5.92 Å². The number of methoxy groups -OCH3 is 1. The number of ketones is 1. The predicted molar refractivity (Wildman–Crippen MR) is 78.1 cm³/mol. The van der Waals surface area contributed by atoms with Crippen LogP contribution in [-0.2, 0) is 0 Å². The molecule has 4 nitrogen and oxygen atoms in total. The third-order valence-electron chi connectivity index (χ3n) is 4.04. The lowest BCUT2D eigenvalue weighted by atomic mass is 10.1. The maximum Gasteiger partial charge on any atom is 0.170 e. The first-order chi connectivity index (χ1) is 10.2. The number of nitrogens with zero attached hydrogens (tertiary/aromatic N) is 1. The summed E-state index contributed by atoms with van der Waals surface area (Å²) in [6.07, 6.45) is 2.15. The van der Waals surface area contributed by atoms with E-state index in [1.807, 2.05) is 0 Å². The van der Waals surface area contributed by atoms with E-state index in [0.717, 1.165) is 25.9 Å². The molecule has 1 fully saturated rings. The van der Waals surface area contributed by atoms with Gasteiger partial charge in [0, 0.05) is 26.1 Å². The van der Waals surface area contributed by atoms with E-state index < -0.39 is 5.82 Å². The zero-order valence-corrected chi connectivity index (χ0v) is 12.3. The fourth-order valence-electron chi connectivity index (χ4n) is 2.86. The number of aliphatic hydroxyl groups is 1. The molecule has 0 aliphatic carbocycles. The van der Waals surface area contributed by atoms with Gasteiger partial charge in [0.2, 0.25) is 0 Å². The second kappa shape index (κ2) is 7.52. The van der Waals surface area contributed by atoms with Crippen LogP contribution >= 0.6 is 0 Å². The molecular weight excluding hydrogens is 273 g/mol. The number of carbonyl (C=O) groups excluding carboxylic acids is 1. The minimum absolute atomic E-state index is 0.0473. The Morgan fingerprint density at radius 2 is 2.33 bits per heavy atom. The standard InChI is InChI=1S/C16H22FNO3/c1-21-15-4-2-3-13(17)16(15)14(20)6-9-18-8-5-12(11-18)7-10-19/h2-4,12,19H,5-11H2,1H3. The fourth-order valence-corrected chi connectivity index (χ4v) is 2.86. The Labute approximate surface area is 124 Å². The first-order valence-corrected chi connectivity index (χ1v) is 7.34. The Morgan fingerprint density at radius 1 is 1.52 bits per heavy atom. The summed E-state index contributed by atoms with van der Waals surface area (Å²) in [5.74, 6) is 0.0437. The lowest BCUT2D eigenvalue weighted by Crippen LogP contribution is -2.24. The van der Waals surface area contributed by atoms with Crippen molar-refractivity contribution in [1.82, 2.24) is 4.90 Å². The zero-order valence-electron chi connectivity index (χ0n) is 12.3. The Kier molecular flexibility index (Phi) is 5.70. The number of Topliss-reactive ketones (excluding diaryl/α,β-unsaturated/α-hetero) is 1. The number of halogens is 1. The van der Waals surface area contributed by atoms with Crippen LogP contribution in [0.5, 0.6) is 5.75 Å². The minimum Gasteiger partial charge on any atom is -0.496 e. The average Bonchev–Trinajstić information content (AvgIpc) is 2.92. The van der Waals surface area contributed by atoms with Gasteiger partial charge in [0.05, 0.1) is 12.7 Å². The summed E-state index contributed by atoms with van der Waals surface area (Å²) in [4.78, 5) is 14.4. The highest BCUT2D eigenvalue weighted by Gasteiger charge is 2.23. The van der Waals surface area contributed by atoms with Crippen LogP contribution in [0.25, 0.3) is 0 Å². The van der Waals surface area contributed by atoms with Crippen LogP contribution in [0.15, 0.2) is 18.2 Å². The Balaban J connectivity index is 1.91. The number of ether oxygens (including phenoxy) is 1. The van der Waals surface area contributed by atoms with Crippen LogP contribution < -0.4 is 4.74 Å². The van der Waals surface area contributed by atoms with Gasteiger partial charge in [-0.3, -0.25) is 4.79 Å². The quantitative estimate of drug-likeness (QED) is 0.783. The number of benzene rings is 1. The SMILES string of the molecule is COc1cccc(F)c1C(=O)CCN1CCC(CCO)C1. The molecule has 0 saturated carbocycles. The first-order valence-electron chi connectivity index (χ1n) is 7.34. The second-order valence-electron chi connectivity index (χ2n) is 5.46. The average molecular weight is 295 g/mol. The molecule has 1 saturated heterocycles. The van der Waals surface area contributed by atoms with E-state index >= 15 is 0 Å². The lowest BCUT2D eigenvalue weighted by molar-refractivity contribution is 0.0960.